The molecule has 0 aliphatic rings. The van der Waals surface area contributed by atoms with Gasteiger partial charge >= 0.3 is 5.97 Å². The molecule has 0 spiro atoms. The Balaban J connectivity index is 2.75. The van der Waals surface area contributed by atoms with E-state index in [0.29, 0.717) is 17.1 Å². The number of esters is 1. The maximum Gasteiger partial charge on any atom is 0.344 e. The number of nitrogens with zero attached hydrogens (tertiary/aromatic N) is 1. The van der Waals surface area contributed by atoms with Crippen LogP contribution in [0.2, 0.25) is 0 Å². The number of rotatable bonds is 7. The quantitative estimate of drug-likeness (QED) is 0.435. The van der Waals surface area contributed by atoms with Crippen molar-refractivity contribution in [3.05, 3.63) is 40.1 Å². The summed E-state index contributed by atoms with van der Waals surface area (Å²) < 4.78 is 15.4. The van der Waals surface area contributed by atoms with Gasteiger partial charge in [-0.05, 0) is 31.5 Å². The molecular weight excluding hydrogens is 278 g/mol. The first-order valence-electron chi connectivity index (χ1n) is 6.24. The molecule has 0 atom stereocenters. The van der Waals surface area contributed by atoms with Crippen molar-refractivity contribution in [1.82, 2.24) is 0 Å². The largest absolute Gasteiger partial charge is 0.493 e. The van der Waals surface area contributed by atoms with Gasteiger partial charge in [0.25, 0.3) is 0 Å². The van der Waals surface area contributed by atoms with Gasteiger partial charge in [0.1, 0.15) is 0 Å². The molecule has 0 aliphatic heterocycles. The molecule has 0 unspecified atom stereocenters. The minimum atomic E-state index is -0.557. The summed E-state index contributed by atoms with van der Waals surface area (Å²) >= 11 is 0. The maximum atomic E-state index is 11.4. The van der Waals surface area contributed by atoms with Crippen LogP contribution in [0.15, 0.2) is 24.4 Å². The van der Waals surface area contributed by atoms with Crippen LogP contribution in [-0.4, -0.2) is 30.7 Å². The zero-order chi connectivity index (χ0) is 15.8. The molecule has 0 aliphatic carbocycles. The highest BCUT2D eigenvalue weighted by molar-refractivity contribution is 5.71. The topological polar surface area (TPSA) is 87.9 Å². The number of hydrogen-bond donors (Lipinski definition) is 0. The fraction of sp³-hybridized carbons (Fsp3) is 0.357. The summed E-state index contributed by atoms with van der Waals surface area (Å²) in [4.78, 5) is 21.1. The molecule has 21 heavy (non-hydrogen) atoms. The highest BCUT2D eigenvalue weighted by Gasteiger charge is 2.10. The number of ether oxygens (including phenoxy) is 3. The van der Waals surface area contributed by atoms with E-state index in [1.165, 1.54) is 13.2 Å². The molecule has 0 heterocycles. The van der Waals surface area contributed by atoms with E-state index in [-0.39, 0.29) is 12.7 Å². The lowest BCUT2D eigenvalue weighted by molar-refractivity contribution is -0.400. The van der Waals surface area contributed by atoms with Crippen LogP contribution in [0.25, 0.3) is 6.08 Å². The normalized spacial score (nSPS) is 10.7. The Hall–Kier alpha value is -2.57. The third-order valence-electron chi connectivity index (χ3n) is 2.29. The summed E-state index contributed by atoms with van der Waals surface area (Å²) in [5.41, 5.74) is 0.584. The average molecular weight is 295 g/mol. The van der Waals surface area contributed by atoms with Gasteiger partial charge in [0.15, 0.2) is 18.1 Å². The lowest BCUT2D eigenvalue weighted by atomic mass is 10.2. The summed E-state index contributed by atoms with van der Waals surface area (Å²) in [6.45, 7) is 3.25. The second kappa shape index (κ2) is 7.88. The zero-order valence-corrected chi connectivity index (χ0v) is 12.1. The lowest BCUT2D eigenvalue weighted by Gasteiger charge is -2.12. The fourth-order valence-corrected chi connectivity index (χ4v) is 1.49. The molecule has 1 aromatic carbocycles. The summed E-state index contributed by atoms with van der Waals surface area (Å²) in [5, 5.41) is 10.3. The number of carbonyl (C=O) groups excluding carboxylic acids is 1. The van der Waals surface area contributed by atoms with Crippen LogP contribution in [-0.2, 0) is 9.53 Å². The van der Waals surface area contributed by atoms with Crippen LogP contribution in [0, 0.1) is 10.1 Å². The number of carbonyl (C=O) groups is 1. The molecule has 0 radical (unpaired) electrons. The van der Waals surface area contributed by atoms with Crippen molar-refractivity contribution in [1.29, 1.82) is 0 Å². The van der Waals surface area contributed by atoms with Crippen LogP contribution in [0.4, 0.5) is 0 Å². The summed E-state index contributed by atoms with van der Waals surface area (Å²) in [7, 11) is 1.44. The highest BCUT2D eigenvalue weighted by atomic mass is 16.6. The molecule has 0 bridgehead atoms. The molecule has 114 valence electrons. The zero-order valence-electron chi connectivity index (χ0n) is 12.1. The van der Waals surface area contributed by atoms with Crippen molar-refractivity contribution >= 4 is 12.0 Å². The number of methoxy groups -OCH3 is 1. The number of hydrogen-bond acceptors (Lipinski definition) is 6. The van der Waals surface area contributed by atoms with E-state index in [2.05, 4.69) is 0 Å². The van der Waals surface area contributed by atoms with Gasteiger partial charge in [-0.3, -0.25) is 10.1 Å². The smallest absolute Gasteiger partial charge is 0.344 e. The van der Waals surface area contributed by atoms with Gasteiger partial charge in [-0.15, -0.1) is 0 Å². The molecule has 1 aromatic rings. The van der Waals surface area contributed by atoms with Crippen LogP contribution in [0.5, 0.6) is 11.5 Å². The van der Waals surface area contributed by atoms with Crippen LogP contribution in [0.1, 0.15) is 19.4 Å². The van der Waals surface area contributed by atoms with Crippen molar-refractivity contribution in [3.63, 3.8) is 0 Å². The van der Waals surface area contributed by atoms with Crippen molar-refractivity contribution in [3.8, 4) is 11.5 Å². The Bertz CT molecular complexity index is 538. The van der Waals surface area contributed by atoms with Gasteiger partial charge in [-0.25, -0.2) is 4.79 Å². The Morgan fingerprint density at radius 3 is 2.67 bits per heavy atom. The van der Waals surface area contributed by atoms with Crippen molar-refractivity contribution in [2.24, 2.45) is 0 Å². The van der Waals surface area contributed by atoms with Gasteiger partial charge in [-0.1, -0.05) is 6.07 Å². The molecule has 0 aromatic heterocycles. The van der Waals surface area contributed by atoms with E-state index >= 15 is 0 Å². The van der Waals surface area contributed by atoms with Crippen molar-refractivity contribution in [2.75, 3.05) is 13.7 Å². The van der Waals surface area contributed by atoms with E-state index in [0.717, 1.165) is 6.20 Å². The van der Waals surface area contributed by atoms with Gasteiger partial charge < -0.3 is 14.2 Å². The number of nitro groups is 1. The molecule has 7 nitrogen and oxygen atoms in total. The Morgan fingerprint density at radius 1 is 1.38 bits per heavy atom. The molecule has 1 rings (SSSR count). The molecule has 0 saturated carbocycles. The summed E-state index contributed by atoms with van der Waals surface area (Å²) in [6.07, 6.45) is 1.95. The first kappa shape index (κ1) is 16.5. The molecule has 0 saturated heterocycles. The van der Waals surface area contributed by atoms with E-state index in [1.807, 2.05) is 0 Å². The lowest BCUT2D eigenvalue weighted by Crippen LogP contribution is -2.18. The summed E-state index contributed by atoms with van der Waals surface area (Å²) in [6, 6.07) is 4.76. The SMILES string of the molecule is COc1cc(C=C[N+](=O)[O-])ccc1OCC(=O)OC(C)C. The van der Waals surface area contributed by atoms with E-state index < -0.39 is 10.9 Å². The molecule has 7 heteroatoms. The summed E-state index contributed by atoms with van der Waals surface area (Å²) in [5.74, 6) is 0.249. The molecule has 0 N–H and O–H groups in total. The minimum absolute atomic E-state index is 0.211. The fourth-order valence-electron chi connectivity index (χ4n) is 1.49. The van der Waals surface area contributed by atoms with Gasteiger partial charge in [0.05, 0.1) is 18.1 Å². The Morgan fingerprint density at radius 2 is 2.10 bits per heavy atom. The minimum Gasteiger partial charge on any atom is -0.493 e. The highest BCUT2D eigenvalue weighted by Crippen LogP contribution is 2.28. The van der Waals surface area contributed by atoms with E-state index in [1.54, 1.807) is 32.0 Å². The first-order valence-corrected chi connectivity index (χ1v) is 6.24. The second-order valence-electron chi connectivity index (χ2n) is 4.34. The first-order chi connectivity index (χ1) is 9.92. The predicted molar refractivity (Wildman–Crippen MR) is 75.7 cm³/mol. The van der Waals surface area contributed by atoms with Gasteiger partial charge in [0, 0.05) is 6.08 Å². The molecular formula is C14H17NO6. The monoisotopic (exact) mass is 295 g/mol. The van der Waals surface area contributed by atoms with E-state index in [9.17, 15) is 14.9 Å². The Labute approximate surface area is 122 Å². The number of benzene rings is 1. The third kappa shape index (κ3) is 5.94. The average Bonchev–Trinajstić information content (AvgIpc) is 2.42. The van der Waals surface area contributed by atoms with Crippen molar-refractivity contribution in [2.45, 2.75) is 20.0 Å². The predicted octanol–water partition coefficient (Wildman–Crippen LogP) is 2.27. The molecule has 0 amide bonds. The van der Waals surface area contributed by atoms with E-state index in [4.69, 9.17) is 14.2 Å². The Kier molecular flexibility index (Phi) is 6.19. The molecule has 0 fully saturated rings. The van der Waals surface area contributed by atoms with Gasteiger partial charge in [-0.2, -0.15) is 0 Å². The van der Waals surface area contributed by atoms with Crippen LogP contribution in [0.3, 0.4) is 0 Å². The maximum absolute atomic E-state index is 11.4. The van der Waals surface area contributed by atoms with Crippen molar-refractivity contribution < 1.29 is 23.9 Å². The standard InChI is InChI=1S/C14H17NO6/c1-10(2)21-14(16)9-20-12-5-4-11(6-7-15(17)18)8-13(12)19-3/h4-8,10H,9H2,1-3H3. The van der Waals surface area contributed by atoms with Gasteiger partial charge in [0.2, 0.25) is 6.20 Å². The van der Waals surface area contributed by atoms with Crippen LogP contribution < -0.4 is 9.47 Å². The third-order valence-corrected chi connectivity index (χ3v) is 2.29. The second-order valence-corrected chi connectivity index (χ2v) is 4.34. The van der Waals surface area contributed by atoms with Crippen LogP contribution >= 0.6 is 0 Å².